The van der Waals surface area contributed by atoms with E-state index in [4.69, 9.17) is 4.74 Å². The number of aromatic hydroxyl groups is 2. The Bertz CT molecular complexity index is 971. The quantitative estimate of drug-likeness (QED) is 0.652. The lowest BCUT2D eigenvalue weighted by atomic mass is 10.2. The highest BCUT2D eigenvalue weighted by molar-refractivity contribution is 7.14. The van der Waals surface area contributed by atoms with Gasteiger partial charge in [-0.2, -0.15) is 0 Å². The summed E-state index contributed by atoms with van der Waals surface area (Å²) in [6.07, 6.45) is 0. The van der Waals surface area contributed by atoms with Gasteiger partial charge in [-0.3, -0.25) is 9.69 Å². The minimum absolute atomic E-state index is 0.0575. The standard InChI is InChI=1S/C19H16N2O5S/c1-12(22)21(14-5-3-2-4-6-14)19-20-13(11-27-19)10-26-18(25)16-8-7-15(23)9-17(16)24/h2-9,11,23-24H,10H2,1H3. The van der Waals surface area contributed by atoms with E-state index in [1.54, 1.807) is 17.5 Å². The Morgan fingerprint density at radius 3 is 2.56 bits per heavy atom. The lowest BCUT2D eigenvalue weighted by Gasteiger charge is -2.17. The molecular formula is C19H16N2O5S. The average Bonchev–Trinajstić information content (AvgIpc) is 3.09. The molecule has 0 unspecified atom stereocenters. The Labute approximate surface area is 159 Å². The third-order valence-corrected chi connectivity index (χ3v) is 4.49. The first-order valence-corrected chi connectivity index (χ1v) is 8.83. The fraction of sp³-hybridized carbons (Fsp3) is 0.105. The number of aromatic nitrogens is 1. The Hall–Kier alpha value is -3.39. The molecule has 2 N–H and O–H groups in total. The summed E-state index contributed by atoms with van der Waals surface area (Å²) >= 11 is 1.25. The molecule has 0 aliphatic carbocycles. The van der Waals surface area contributed by atoms with Gasteiger partial charge in [0, 0.05) is 18.4 Å². The zero-order valence-electron chi connectivity index (χ0n) is 14.3. The second-order valence-corrected chi connectivity index (χ2v) is 6.43. The molecule has 0 saturated carbocycles. The molecule has 1 heterocycles. The van der Waals surface area contributed by atoms with Crippen LogP contribution in [-0.2, 0) is 16.1 Å². The predicted octanol–water partition coefficient (Wildman–Crippen LogP) is 3.60. The summed E-state index contributed by atoms with van der Waals surface area (Å²) in [7, 11) is 0. The van der Waals surface area contributed by atoms with Crippen LogP contribution in [0.5, 0.6) is 11.5 Å². The van der Waals surface area contributed by atoms with Crippen molar-refractivity contribution in [1.29, 1.82) is 0 Å². The number of phenolic OH excluding ortho intramolecular Hbond substituents is 2. The number of hydrogen-bond acceptors (Lipinski definition) is 7. The van der Waals surface area contributed by atoms with E-state index in [1.807, 2.05) is 18.2 Å². The van der Waals surface area contributed by atoms with Crippen molar-refractivity contribution in [2.45, 2.75) is 13.5 Å². The molecule has 1 aromatic heterocycles. The van der Waals surface area contributed by atoms with Gasteiger partial charge in [-0.05, 0) is 24.3 Å². The molecule has 7 nitrogen and oxygen atoms in total. The molecule has 0 spiro atoms. The van der Waals surface area contributed by atoms with E-state index in [0.29, 0.717) is 16.5 Å². The highest BCUT2D eigenvalue weighted by Gasteiger charge is 2.19. The number of carbonyl (C=O) groups is 2. The van der Waals surface area contributed by atoms with E-state index in [-0.39, 0.29) is 29.6 Å². The second kappa shape index (κ2) is 7.88. The van der Waals surface area contributed by atoms with Crippen molar-refractivity contribution in [3.05, 3.63) is 65.2 Å². The van der Waals surface area contributed by atoms with Gasteiger partial charge in [0.25, 0.3) is 0 Å². The van der Waals surface area contributed by atoms with Crippen LogP contribution in [0.2, 0.25) is 0 Å². The molecule has 0 radical (unpaired) electrons. The Balaban J connectivity index is 1.72. The van der Waals surface area contributed by atoms with Crippen LogP contribution in [0.1, 0.15) is 23.0 Å². The van der Waals surface area contributed by atoms with E-state index < -0.39 is 5.97 Å². The van der Waals surface area contributed by atoms with Crippen molar-refractivity contribution in [1.82, 2.24) is 4.98 Å². The van der Waals surface area contributed by atoms with Gasteiger partial charge >= 0.3 is 5.97 Å². The molecule has 3 rings (SSSR count). The Morgan fingerprint density at radius 2 is 1.89 bits per heavy atom. The summed E-state index contributed by atoms with van der Waals surface area (Å²) in [5.74, 6) is -1.45. The van der Waals surface area contributed by atoms with Gasteiger partial charge in [0.05, 0.1) is 11.4 Å². The predicted molar refractivity (Wildman–Crippen MR) is 100 cm³/mol. The summed E-state index contributed by atoms with van der Waals surface area (Å²) in [6.45, 7) is 1.33. The number of nitrogens with zero attached hydrogens (tertiary/aromatic N) is 2. The minimum Gasteiger partial charge on any atom is -0.508 e. The number of ether oxygens (including phenoxy) is 1. The van der Waals surface area contributed by atoms with Gasteiger partial charge in [-0.15, -0.1) is 11.3 Å². The number of hydrogen-bond donors (Lipinski definition) is 2. The number of thiazole rings is 1. The first-order chi connectivity index (χ1) is 13.0. The van der Waals surface area contributed by atoms with E-state index in [0.717, 1.165) is 6.07 Å². The van der Waals surface area contributed by atoms with Crippen LogP contribution in [0, 0.1) is 0 Å². The van der Waals surface area contributed by atoms with Crippen molar-refractivity contribution in [3.8, 4) is 11.5 Å². The first-order valence-electron chi connectivity index (χ1n) is 7.95. The van der Waals surface area contributed by atoms with Crippen molar-refractivity contribution in [2.75, 3.05) is 4.90 Å². The third-order valence-electron chi connectivity index (χ3n) is 3.61. The molecule has 27 heavy (non-hydrogen) atoms. The van der Waals surface area contributed by atoms with E-state index in [1.165, 1.54) is 35.3 Å². The Morgan fingerprint density at radius 1 is 1.15 bits per heavy atom. The lowest BCUT2D eigenvalue weighted by Crippen LogP contribution is -2.22. The molecule has 2 aromatic carbocycles. The second-order valence-electron chi connectivity index (χ2n) is 5.59. The number of carbonyl (C=O) groups excluding carboxylic acids is 2. The largest absolute Gasteiger partial charge is 0.508 e. The molecule has 0 fully saturated rings. The smallest absolute Gasteiger partial charge is 0.342 e. The van der Waals surface area contributed by atoms with E-state index in [2.05, 4.69) is 4.98 Å². The topological polar surface area (TPSA) is 100.0 Å². The molecule has 3 aromatic rings. The van der Waals surface area contributed by atoms with Gasteiger partial charge in [0.2, 0.25) is 5.91 Å². The molecular weight excluding hydrogens is 368 g/mol. The molecule has 1 amide bonds. The number of benzene rings is 2. The van der Waals surface area contributed by atoms with E-state index in [9.17, 15) is 19.8 Å². The Kier molecular flexibility index (Phi) is 5.37. The summed E-state index contributed by atoms with van der Waals surface area (Å²) in [4.78, 5) is 29.9. The number of phenols is 2. The zero-order chi connectivity index (χ0) is 19.4. The maximum Gasteiger partial charge on any atom is 0.342 e. The van der Waals surface area contributed by atoms with Crippen molar-refractivity contribution >= 4 is 34.0 Å². The molecule has 8 heteroatoms. The minimum atomic E-state index is -0.742. The summed E-state index contributed by atoms with van der Waals surface area (Å²) in [5.41, 5.74) is 1.11. The molecule has 0 atom stereocenters. The summed E-state index contributed by atoms with van der Waals surface area (Å²) < 4.78 is 5.15. The number of rotatable bonds is 5. The fourth-order valence-corrected chi connectivity index (χ4v) is 3.25. The van der Waals surface area contributed by atoms with Crippen LogP contribution in [-0.4, -0.2) is 27.1 Å². The molecule has 0 aliphatic rings. The summed E-state index contributed by atoms with van der Waals surface area (Å²) in [6, 6.07) is 12.7. The average molecular weight is 384 g/mol. The highest BCUT2D eigenvalue weighted by atomic mass is 32.1. The van der Waals surface area contributed by atoms with Gasteiger partial charge in [0.15, 0.2) is 5.13 Å². The summed E-state index contributed by atoms with van der Waals surface area (Å²) in [5, 5.41) is 21.1. The van der Waals surface area contributed by atoms with Gasteiger partial charge in [-0.1, -0.05) is 18.2 Å². The highest BCUT2D eigenvalue weighted by Crippen LogP contribution is 2.29. The van der Waals surface area contributed by atoms with Gasteiger partial charge in [-0.25, -0.2) is 9.78 Å². The maximum atomic E-state index is 12.1. The van der Waals surface area contributed by atoms with Crippen molar-refractivity contribution in [3.63, 3.8) is 0 Å². The lowest BCUT2D eigenvalue weighted by molar-refractivity contribution is -0.115. The molecule has 0 aliphatic heterocycles. The first kappa shape index (κ1) is 18.4. The molecule has 0 bridgehead atoms. The van der Waals surface area contributed by atoms with Gasteiger partial charge < -0.3 is 14.9 Å². The monoisotopic (exact) mass is 384 g/mol. The number of amides is 1. The molecule has 0 saturated heterocycles. The SMILES string of the molecule is CC(=O)N(c1ccccc1)c1nc(COC(=O)c2ccc(O)cc2O)cs1. The molecule has 138 valence electrons. The zero-order valence-corrected chi connectivity index (χ0v) is 15.1. The van der Waals surface area contributed by atoms with Crippen LogP contribution in [0.25, 0.3) is 0 Å². The maximum absolute atomic E-state index is 12.1. The third kappa shape index (κ3) is 4.24. The normalized spacial score (nSPS) is 10.4. The van der Waals surface area contributed by atoms with Crippen LogP contribution >= 0.6 is 11.3 Å². The van der Waals surface area contributed by atoms with Crippen LogP contribution in [0.4, 0.5) is 10.8 Å². The van der Waals surface area contributed by atoms with Crippen LogP contribution in [0.3, 0.4) is 0 Å². The van der Waals surface area contributed by atoms with E-state index >= 15 is 0 Å². The number of para-hydroxylation sites is 1. The van der Waals surface area contributed by atoms with Gasteiger partial charge in [0.1, 0.15) is 23.7 Å². The fourth-order valence-electron chi connectivity index (χ4n) is 2.38. The van der Waals surface area contributed by atoms with Crippen LogP contribution < -0.4 is 4.90 Å². The van der Waals surface area contributed by atoms with Crippen LogP contribution in [0.15, 0.2) is 53.9 Å². The number of anilines is 2. The van der Waals surface area contributed by atoms with Crippen molar-refractivity contribution in [2.24, 2.45) is 0 Å². The number of esters is 1. The van der Waals surface area contributed by atoms with Crippen molar-refractivity contribution < 1.29 is 24.5 Å².